The fraction of sp³-hybridized carbons (Fsp3) is 0.796. The van der Waals surface area contributed by atoms with Crippen LogP contribution in [0.1, 0.15) is 106 Å². The monoisotopic (exact) mass is 882 g/mol. The SMILES string of the molecule is COC[C@@H](C(=O)O[C@@H]1C/C=C/C=C/C(=O)O[C@H]([C@@H](C)[C@@H](O)[C@@H](C)CC[C@@H](O)[C@H](C)[C@H](O)[C@H](C)CCO)C/C=C/[C@H](OC)C[C@H](C)C/C=C/[C@@H](OC)CC[C@@H](C)[C@@H](O)[C@@H]1C)N(C)C. The van der Waals surface area contributed by atoms with Gasteiger partial charge in [0.15, 0.2) is 0 Å². The van der Waals surface area contributed by atoms with Crippen LogP contribution < -0.4 is 0 Å². The number of hydrogen-bond acceptors (Lipinski definition) is 13. The van der Waals surface area contributed by atoms with Gasteiger partial charge in [0, 0.05) is 64.6 Å². The van der Waals surface area contributed by atoms with Gasteiger partial charge in [0.1, 0.15) is 18.2 Å². The van der Waals surface area contributed by atoms with E-state index < -0.39 is 72.4 Å². The molecule has 16 atom stereocenters. The first-order chi connectivity index (χ1) is 29.3. The molecule has 0 saturated carbocycles. The third kappa shape index (κ3) is 21.0. The minimum Gasteiger partial charge on any atom is -0.460 e. The highest BCUT2D eigenvalue weighted by Crippen LogP contribution is 2.29. The largest absolute Gasteiger partial charge is 0.460 e. The van der Waals surface area contributed by atoms with Crippen molar-refractivity contribution in [3.63, 3.8) is 0 Å². The van der Waals surface area contributed by atoms with E-state index in [1.165, 1.54) is 13.2 Å². The van der Waals surface area contributed by atoms with Crippen molar-refractivity contribution in [2.75, 3.05) is 48.6 Å². The summed E-state index contributed by atoms with van der Waals surface area (Å²) in [5.74, 6) is -2.59. The van der Waals surface area contributed by atoms with E-state index in [0.717, 1.165) is 12.8 Å². The van der Waals surface area contributed by atoms with E-state index in [9.17, 15) is 35.1 Å². The molecular formula is C49H87NO12. The van der Waals surface area contributed by atoms with Gasteiger partial charge in [-0.25, -0.2) is 4.79 Å². The molecule has 0 unspecified atom stereocenters. The Morgan fingerprint density at radius 2 is 1.47 bits per heavy atom. The van der Waals surface area contributed by atoms with Gasteiger partial charge in [-0.15, -0.1) is 0 Å². The molecular weight excluding hydrogens is 795 g/mol. The number of aliphatic hydroxyl groups is 5. The van der Waals surface area contributed by atoms with Crippen LogP contribution in [0.15, 0.2) is 48.6 Å². The van der Waals surface area contributed by atoms with Crippen molar-refractivity contribution < 1.29 is 58.8 Å². The number of ether oxygens (including phenoxy) is 5. The van der Waals surface area contributed by atoms with Crippen molar-refractivity contribution in [1.29, 1.82) is 0 Å². The summed E-state index contributed by atoms with van der Waals surface area (Å²) < 4.78 is 29.0. The van der Waals surface area contributed by atoms with Crippen LogP contribution >= 0.6 is 0 Å². The van der Waals surface area contributed by atoms with E-state index >= 15 is 0 Å². The molecule has 0 aromatic rings. The Labute approximate surface area is 374 Å². The molecule has 360 valence electrons. The second kappa shape index (κ2) is 31.4. The van der Waals surface area contributed by atoms with Crippen molar-refractivity contribution in [3.05, 3.63) is 48.6 Å². The second-order valence-electron chi connectivity index (χ2n) is 18.3. The summed E-state index contributed by atoms with van der Waals surface area (Å²) in [6.07, 6.45) is 14.5. The zero-order chi connectivity index (χ0) is 46.9. The number of cyclic esters (lactones) is 1. The summed E-state index contributed by atoms with van der Waals surface area (Å²) in [5.41, 5.74) is 0. The van der Waals surface area contributed by atoms with Crippen molar-refractivity contribution in [1.82, 2.24) is 4.90 Å². The summed E-state index contributed by atoms with van der Waals surface area (Å²) in [4.78, 5) is 28.4. The van der Waals surface area contributed by atoms with Gasteiger partial charge in [-0.05, 0) is 82.7 Å². The molecule has 0 aliphatic carbocycles. The molecule has 5 N–H and O–H groups in total. The molecule has 0 fully saturated rings. The maximum absolute atomic E-state index is 13.4. The van der Waals surface area contributed by atoms with Crippen LogP contribution in [0.3, 0.4) is 0 Å². The molecule has 0 radical (unpaired) electrons. The molecule has 0 amide bonds. The minimum atomic E-state index is -0.866. The van der Waals surface area contributed by atoms with Crippen LogP contribution in [-0.4, -0.2) is 146 Å². The van der Waals surface area contributed by atoms with Gasteiger partial charge in [0.25, 0.3) is 0 Å². The zero-order valence-electron chi connectivity index (χ0n) is 40.2. The first-order valence-corrected chi connectivity index (χ1v) is 22.9. The fourth-order valence-electron chi connectivity index (χ4n) is 8.10. The third-order valence-corrected chi connectivity index (χ3v) is 13.0. The van der Waals surface area contributed by atoms with Gasteiger partial charge in [-0.3, -0.25) is 9.69 Å². The lowest BCUT2D eigenvalue weighted by Gasteiger charge is -2.32. The van der Waals surface area contributed by atoms with Gasteiger partial charge >= 0.3 is 11.9 Å². The quantitative estimate of drug-likeness (QED) is 0.0793. The normalized spacial score (nSPS) is 31.5. The van der Waals surface area contributed by atoms with Crippen LogP contribution in [-0.2, 0) is 33.3 Å². The number of hydrogen-bond donors (Lipinski definition) is 5. The average Bonchev–Trinajstić information content (AvgIpc) is 3.24. The van der Waals surface area contributed by atoms with Crippen LogP contribution in [0.25, 0.3) is 0 Å². The molecule has 13 heteroatoms. The van der Waals surface area contributed by atoms with E-state index in [-0.39, 0.29) is 55.5 Å². The predicted molar refractivity (Wildman–Crippen MR) is 244 cm³/mol. The maximum atomic E-state index is 13.4. The van der Waals surface area contributed by atoms with Crippen molar-refractivity contribution >= 4 is 11.9 Å². The van der Waals surface area contributed by atoms with Gasteiger partial charge in [-0.2, -0.15) is 0 Å². The zero-order valence-corrected chi connectivity index (χ0v) is 40.2. The van der Waals surface area contributed by atoms with Crippen LogP contribution in [0, 0.1) is 41.4 Å². The highest BCUT2D eigenvalue weighted by Gasteiger charge is 2.34. The number of methoxy groups -OCH3 is 3. The van der Waals surface area contributed by atoms with E-state index in [1.54, 1.807) is 58.4 Å². The first-order valence-electron chi connectivity index (χ1n) is 22.9. The maximum Gasteiger partial charge on any atom is 0.331 e. The molecule has 62 heavy (non-hydrogen) atoms. The van der Waals surface area contributed by atoms with Gasteiger partial charge < -0.3 is 49.2 Å². The lowest BCUT2D eigenvalue weighted by atomic mass is 9.82. The Kier molecular flexibility index (Phi) is 29.2. The van der Waals surface area contributed by atoms with Crippen LogP contribution in [0.4, 0.5) is 0 Å². The smallest absolute Gasteiger partial charge is 0.331 e. The predicted octanol–water partition coefficient (Wildman–Crippen LogP) is 6.05. The first kappa shape index (κ1) is 57.6. The summed E-state index contributed by atoms with van der Waals surface area (Å²) in [6.45, 7) is 13.5. The summed E-state index contributed by atoms with van der Waals surface area (Å²) in [7, 11) is 8.44. The number of aliphatic hydroxyl groups excluding tert-OH is 5. The molecule has 1 heterocycles. The van der Waals surface area contributed by atoms with Crippen molar-refractivity contribution in [3.8, 4) is 0 Å². The molecule has 0 aromatic heterocycles. The Morgan fingerprint density at radius 3 is 2.08 bits per heavy atom. The lowest BCUT2D eigenvalue weighted by molar-refractivity contribution is -0.161. The Hall–Kier alpha value is -2.46. The molecule has 0 spiro atoms. The standard InChI is InChI=1S/C49H87NO12/c1-32-18-16-19-39(59-11)26-24-33(2)47(55)38(7)44(62-49(57)41(31-58-10)50(8)9)21-14-13-15-23-45(53)61-43(22-17-20-40(30-32)60-12)37(6)48(56)34(3)25-27-42(52)36(5)46(54)35(4)28-29-51/h13-17,19-20,23,32-44,46-48,51-52,54-56H,18,21-22,24-31H2,1-12H3/b14-13+,19-16+,20-17+,23-15+/t32-,33-,34+,35-,36+,37-,38-,39-,40+,41+,42-,43+,44-,46-,47-,48+/m1/s1. The van der Waals surface area contributed by atoms with E-state index in [4.69, 9.17) is 23.7 Å². The van der Waals surface area contributed by atoms with Gasteiger partial charge in [-0.1, -0.05) is 91.0 Å². The van der Waals surface area contributed by atoms with Crippen molar-refractivity contribution in [2.24, 2.45) is 41.4 Å². The fourth-order valence-corrected chi connectivity index (χ4v) is 8.10. The number of esters is 2. The summed E-state index contributed by atoms with van der Waals surface area (Å²) in [5, 5.41) is 54.0. The molecule has 0 aromatic carbocycles. The molecule has 13 nitrogen and oxygen atoms in total. The Morgan fingerprint density at radius 1 is 0.839 bits per heavy atom. The van der Waals surface area contributed by atoms with Crippen LogP contribution in [0.2, 0.25) is 0 Å². The topological polar surface area (TPSA) is 185 Å². The molecule has 0 bridgehead atoms. The summed E-state index contributed by atoms with van der Waals surface area (Å²) >= 11 is 0. The number of carbonyl (C=O) groups is 2. The lowest BCUT2D eigenvalue weighted by Crippen LogP contribution is -2.44. The molecule has 1 aliphatic rings. The van der Waals surface area contributed by atoms with E-state index in [0.29, 0.717) is 38.5 Å². The van der Waals surface area contributed by atoms with Gasteiger partial charge in [0.05, 0.1) is 43.2 Å². The highest BCUT2D eigenvalue weighted by molar-refractivity contribution is 5.82. The summed E-state index contributed by atoms with van der Waals surface area (Å²) in [6, 6.07) is -0.631. The Bertz CT molecular complexity index is 1340. The number of nitrogens with zero attached hydrogens (tertiary/aromatic N) is 1. The number of rotatable bonds is 18. The van der Waals surface area contributed by atoms with E-state index in [2.05, 4.69) is 19.1 Å². The number of likely N-dealkylation sites (N-methyl/N-ethyl adjacent to an activating group) is 1. The van der Waals surface area contributed by atoms with Crippen LogP contribution in [0.5, 0.6) is 0 Å². The minimum absolute atomic E-state index is 0.0362. The molecule has 1 aliphatic heterocycles. The number of carbonyl (C=O) groups excluding carboxylic acids is 2. The van der Waals surface area contributed by atoms with Gasteiger partial charge in [0.2, 0.25) is 0 Å². The highest BCUT2D eigenvalue weighted by atomic mass is 16.6. The Balaban J connectivity index is 3.42. The second-order valence-corrected chi connectivity index (χ2v) is 18.3. The third-order valence-electron chi connectivity index (χ3n) is 13.0. The molecule has 1 rings (SSSR count). The molecule has 0 saturated heterocycles. The van der Waals surface area contributed by atoms with E-state index in [1.807, 2.05) is 46.8 Å². The van der Waals surface area contributed by atoms with Crippen molar-refractivity contribution in [2.45, 2.75) is 161 Å². The average molecular weight is 882 g/mol. The number of allylic oxidation sites excluding steroid dienone is 3.